The Kier molecular flexibility index (Phi) is 7.14. The van der Waals surface area contributed by atoms with Gasteiger partial charge in [-0.3, -0.25) is 14.4 Å². The quantitative estimate of drug-likeness (QED) is 0.556. The lowest BCUT2D eigenvalue weighted by molar-refractivity contribution is 0.0936. The molecule has 1 aliphatic rings. The molecule has 2 heterocycles. The zero-order chi connectivity index (χ0) is 23.4. The van der Waals surface area contributed by atoms with E-state index in [0.29, 0.717) is 18.7 Å². The van der Waals surface area contributed by atoms with E-state index in [1.54, 1.807) is 7.11 Å². The van der Waals surface area contributed by atoms with Crippen molar-refractivity contribution in [3.63, 3.8) is 0 Å². The van der Waals surface area contributed by atoms with E-state index in [4.69, 9.17) is 4.74 Å². The highest BCUT2D eigenvalue weighted by atomic mass is 16.5. The van der Waals surface area contributed by atoms with Crippen molar-refractivity contribution in [3.8, 4) is 5.75 Å². The van der Waals surface area contributed by atoms with Crippen LogP contribution in [0.1, 0.15) is 57.3 Å². The number of methoxy groups -OCH3 is 1. The van der Waals surface area contributed by atoms with Crippen molar-refractivity contribution in [2.45, 2.75) is 46.2 Å². The van der Waals surface area contributed by atoms with Crippen LogP contribution in [0.2, 0.25) is 0 Å². The van der Waals surface area contributed by atoms with Crippen molar-refractivity contribution >= 4 is 5.91 Å². The zero-order valence-electron chi connectivity index (χ0n) is 20.1. The van der Waals surface area contributed by atoms with Crippen molar-refractivity contribution in [3.05, 3.63) is 82.2 Å². The van der Waals surface area contributed by atoms with E-state index in [-0.39, 0.29) is 11.9 Å². The molecule has 1 aromatic heterocycles. The van der Waals surface area contributed by atoms with Gasteiger partial charge in [-0.1, -0.05) is 42.0 Å². The Morgan fingerprint density at radius 3 is 2.33 bits per heavy atom. The second-order valence-electron chi connectivity index (χ2n) is 8.93. The summed E-state index contributed by atoms with van der Waals surface area (Å²) in [7, 11) is 1.68. The number of hydrogen-bond acceptors (Lipinski definition) is 4. The lowest BCUT2D eigenvalue weighted by Gasteiger charge is -2.28. The maximum Gasteiger partial charge on any atom is 0.255 e. The van der Waals surface area contributed by atoms with Crippen molar-refractivity contribution in [2.24, 2.45) is 0 Å². The normalized spacial score (nSPS) is 14.9. The van der Waals surface area contributed by atoms with Crippen LogP contribution in [0.25, 0.3) is 0 Å². The minimum Gasteiger partial charge on any atom is -0.497 e. The van der Waals surface area contributed by atoms with Crippen molar-refractivity contribution in [1.82, 2.24) is 20.0 Å². The molecule has 2 aromatic carbocycles. The summed E-state index contributed by atoms with van der Waals surface area (Å²) >= 11 is 0. The summed E-state index contributed by atoms with van der Waals surface area (Å²) in [5.74, 6) is 0.785. The SMILES string of the molecule is COc1ccc([C@H](CNC(=O)c2c(C)nn(Cc3ccc(C)cc3)c2C)N2CCCC2)cc1. The maximum atomic E-state index is 13.2. The fourth-order valence-corrected chi connectivity index (χ4v) is 4.66. The van der Waals surface area contributed by atoms with E-state index in [9.17, 15) is 4.79 Å². The number of nitrogens with one attached hydrogen (secondary N) is 1. The number of hydrogen-bond donors (Lipinski definition) is 1. The monoisotopic (exact) mass is 446 g/mol. The molecule has 0 spiro atoms. The molecule has 33 heavy (non-hydrogen) atoms. The van der Waals surface area contributed by atoms with E-state index >= 15 is 0 Å². The van der Waals surface area contributed by atoms with Gasteiger partial charge in [0, 0.05) is 12.2 Å². The van der Waals surface area contributed by atoms with Crippen molar-refractivity contribution < 1.29 is 9.53 Å². The molecule has 3 aromatic rings. The van der Waals surface area contributed by atoms with Gasteiger partial charge in [0.15, 0.2) is 0 Å². The number of aryl methyl sites for hydroxylation is 2. The molecule has 6 heteroatoms. The Bertz CT molecular complexity index is 1080. The summed E-state index contributed by atoms with van der Waals surface area (Å²) < 4.78 is 7.24. The predicted octanol–water partition coefficient (Wildman–Crippen LogP) is 4.43. The van der Waals surface area contributed by atoms with E-state index in [1.165, 1.54) is 29.5 Å². The van der Waals surface area contributed by atoms with Gasteiger partial charge in [-0.25, -0.2) is 0 Å². The topological polar surface area (TPSA) is 59.4 Å². The first-order valence-electron chi connectivity index (χ1n) is 11.7. The number of amides is 1. The molecular weight excluding hydrogens is 412 g/mol. The van der Waals surface area contributed by atoms with E-state index in [1.807, 2.05) is 30.7 Å². The van der Waals surface area contributed by atoms with Crippen molar-refractivity contribution in [1.29, 1.82) is 0 Å². The van der Waals surface area contributed by atoms with Gasteiger partial charge in [-0.05, 0) is 70.0 Å². The molecular formula is C27H34N4O2. The van der Waals surface area contributed by atoms with E-state index < -0.39 is 0 Å². The Balaban J connectivity index is 1.49. The highest BCUT2D eigenvalue weighted by Crippen LogP contribution is 2.26. The summed E-state index contributed by atoms with van der Waals surface area (Å²) in [6.07, 6.45) is 2.40. The Hall–Kier alpha value is -3.12. The summed E-state index contributed by atoms with van der Waals surface area (Å²) in [4.78, 5) is 15.7. The lowest BCUT2D eigenvalue weighted by Crippen LogP contribution is -2.37. The number of aromatic nitrogens is 2. The van der Waals surface area contributed by atoms with Crippen LogP contribution in [0.15, 0.2) is 48.5 Å². The molecule has 0 radical (unpaired) electrons. The molecule has 0 bridgehead atoms. The number of rotatable bonds is 8. The summed E-state index contributed by atoms with van der Waals surface area (Å²) in [5.41, 5.74) is 5.94. The molecule has 1 aliphatic heterocycles. The highest BCUT2D eigenvalue weighted by Gasteiger charge is 2.25. The average molecular weight is 447 g/mol. The van der Waals surface area contributed by atoms with Crippen molar-refractivity contribution in [2.75, 3.05) is 26.7 Å². The van der Waals surface area contributed by atoms with Crippen LogP contribution in [0.5, 0.6) is 5.75 Å². The highest BCUT2D eigenvalue weighted by molar-refractivity contribution is 5.96. The fourth-order valence-electron chi connectivity index (χ4n) is 4.66. The molecule has 1 fully saturated rings. The van der Waals surface area contributed by atoms with Gasteiger partial charge in [0.2, 0.25) is 0 Å². The molecule has 1 N–H and O–H groups in total. The number of nitrogens with zero attached hydrogens (tertiary/aromatic N) is 3. The van der Waals surface area contributed by atoms with Crippen LogP contribution >= 0.6 is 0 Å². The first-order valence-corrected chi connectivity index (χ1v) is 11.7. The number of benzene rings is 2. The van der Waals surface area contributed by atoms with E-state index in [0.717, 1.165) is 30.2 Å². The minimum absolute atomic E-state index is 0.0575. The van der Waals surface area contributed by atoms with Crippen LogP contribution in [0.4, 0.5) is 0 Å². The molecule has 0 aliphatic carbocycles. The Morgan fingerprint density at radius 2 is 1.70 bits per heavy atom. The summed E-state index contributed by atoms with van der Waals surface area (Å²) in [6.45, 7) is 9.30. The molecule has 174 valence electrons. The summed E-state index contributed by atoms with van der Waals surface area (Å²) in [6, 6.07) is 16.8. The van der Waals surface area contributed by atoms with Gasteiger partial charge in [-0.15, -0.1) is 0 Å². The third-order valence-corrected chi connectivity index (χ3v) is 6.60. The number of likely N-dealkylation sites (tertiary alicyclic amines) is 1. The Labute approximate surface area is 196 Å². The standard InChI is InChI=1S/C27H34N4O2/c1-19-7-9-22(10-8-19)18-31-21(3)26(20(2)29-31)27(32)28-17-25(30-15-5-6-16-30)23-11-13-24(33-4)14-12-23/h7-14,25H,5-6,15-18H2,1-4H3,(H,28,32)/t25-/m0/s1. The molecule has 4 rings (SSSR count). The van der Waals surface area contributed by atoms with Crippen LogP contribution in [0.3, 0.4) is 0 Å². The number of ether oxygens (including phenoxy) is 1. The maximum absolute atomic E-state index is 13.2. The second kappa shape index (κ2) is 10.2. The largest absolute Gasteiger partial charge is 0.497 e. The molecule has 1 atom stereocenters. The minimum atomic E-state index is -0.0575. The predicted molar refractivity (Wildman–Crippen MR) is 131 cm³/mol. The zero-order valence-corrected chi connectivity index (χ0v) is 20.1. The number of carbonyl (C=O) groups excluding carboxylic acids is 1. The van der Waals surface area contributed by atoms with Crippen LogP contribution in [0, 0.1) is 20.8 Å². The fraction of sp³-hybridized carbons (Fsp3) is 0.407. The van der Waals surface area contributed by atoms with Gasteiger partial charge >= 0.3 is 0 Å². The van der Waals surface area contributed by atoms with Gasteiger partial charge in [0.25, 0.3) is 5.91 Å². The van der Waals surface area contributed by atoms with Gasteiger partial charge in [-0.2, -0.15) is 5.10 Å². The van der Waals surface area contributed by atoms with E-state index in [2.05, 4.69) is 58.6 Å². The smallest absolute Gasteiger partial charge is 0.255 e. The van der Waals surface area contributed by atoms with Crippen LogP contribution < -0.4 is 10.1 Å². The summed E-state index contributed by atoms with van der Waals surface area (Å²) in [5, 5.41) is 7.87. The first-order chi connectivity index (χ1) is 16.0. The molecule has 1 saturated heterocycles. The first kappa shape index (κ1) is 23.1. The third-order valence-electron chi connectivity index (χ3n) is 6.60. The second-order valence-corrected chi connectivity index (χ2v) is 8.93. The Morgan fingerprint density at radius 1 is 1.03 bits per heavy atom. The van der Waals surface area contributed by atoms with Crippen LogP contribution in [-0.4, -0.2) is 47.3 Å². The van der Waals surface area contributed by atoms with Crippen LogP contribution in [-0.2, 0) is 6.54 Å². The van der Waals surface area contributed by atoms with Gasteiger partial charge < -0.3 is 10.1 Å². The molecule has 1 amide bonds. The average Bonchev–Trinajstić information content (AvgIpc) is 3.44. The third kappa shape index (κ3) is 5.28. The number of carbonyl (C=O) groups is 1. The molecule has 6 nitrogen and oxygen atoms in total. The molecule has 0 saturated carbocycles. The lowest BCUT2D eigenvalue weighted by atomic mass is 10.0. The van der Waals surface area contributed by atoms with Gasteiger partial charge in [0.05, 0.1) is 31.0 Å². The van der Waals surface area contributed by atoms with Gasteiger partial charge in [0.1, 0.15) is 5.75 Å². The molecule has 0 unspecified atom stereocenters.